The fourth-order valence-electron chi connectivity index (χ4n) is 0.202. The lowest BCUT2D eigenvalue weighted by molar-refractivity contribution is 0.174. The van der Waals surface area contributed by atoms with Gasteiger partial charge in [0, 0.05) is 13.8 Å². The monoisotopic (exact) mass is 114 g/mol. The Morgan fingerprint density at radius 3 is 2.75 bits per heavy atom. The molecular weight excluding hydrogens is 104 g/mol. The van der Waals surface area contributed by atoms with Crippen LogP contribution in [0, 0.1) is 0 Å². The molecule has 0 radical (unpaired) electrons. The summed E-state index contributed by atoms with van der Waals surface area (Å²) >= 11 is 0. The van der Waals surface area contributed by atoms with Gasteiger partial charge in [-0.05, 0) is 6.92 Å². The number of nitrogens with zero attached hydrogens (tertiary/aromatic N) is 2. The summed E-state index contributed by atoms with van der Waals surface area (Å²) in [5, 5.41) is 6.77. The lowest BCUT2D eigenvalue weighted by atomic mass is 10.5. The van der Waals surface area contributed by atoms with Crippen LogP contribution in [0.1, 0.15) is 6.92 Å². The van der Waals surface area contributed by atoms with Gasteiger partial charge in [0.25, 0.3) is 0 Å². The molecule has 0 spiro atoms. The zero-order valence-corrected chi connectivity index (χ0v) is 5.16. The van der Waals surface area contributed by atoms with Crippen molar-refractivity contribution >= 4 is 12.9 Å². The van der Waals surface area contributed by atoms with Crippen molar-refractivity contribution in [3.8, 4) is 0 Å². The van der Waals surface area contributed by atoms with Gasteiger partial charge in [-0.15, -0.1) is 0 Å². The van der Waals surface area contributed by atoms with Crippen molar-refractivity contribution < 1.29 is 4.74 Å². The molecular formula is C5H10N2O. The first-order valence-electron chi connectivity index (χ1n) is 2.33. The minimum atomic E-state index is 0.0282. The molecule has 0 aromatic rings. The predicted molar refractivity (Wildman–Crippen MR) is 34.5 cm³/mol. The van der Waals surface area contributed by atoms with Gasteiger partial charge in [0.2, 0.25) is 0 Å². The molecule has 0 rings (SSSR count). The van der Waals surface area contributed by atoms with Gasteiger partial charge in [0.05, 0.1) is 12.3 Å². The third kappa shape index (κ3) is 3.49. The maximum atomic E-state index is 4.82. The normalized spacial score (nSPS) is 14.2. The molecule has 0 aromatic heterocycles. The van der Waals surface area contributed by atoms with Gasteiger partial charge in [-0.2, -0.15) is 10.2 Å². The number of rotatable bonds is 3. The first-order valence-corrected chi connectivity index (χ1v) is 2.33. The van der Waals surface area contributed by atoms with Crippen LogP contribution in [0.4, 0.5) is 0 Å². The van der Waals surface area contributed by atoms with Crippen LogP contribution in [-0.4, -0.2) is 26.1 Å². The van der Waals surface area contributed by atoms with Gasteiger partial charge >= 0.3 is 0 Å². The van der Waals surface area contributed by atoms with Gasteiger partial charge in [-0.3, -0.25) is 0 Å². The molecule has 0 aliphatic heterocycles. The molecule has 3 nitrogen and oxygen atoms in total. The van der Waals surface area contributed by atoms with Crippen molar-refractivity contribution in [1.29, 1.82) is 0 Å². The van der Waals surface area contributed by atoms with E-state index in [1.54, 1.807) is 13.3 Å². The maximum Gasteiger partial charge on any atom is 0.0912 e. The van der Waals surface area contributed by atoms with E-state index in [1.165, 1.54) is 0 Å². The predicted octanol–water partition coefficient (Wildman–Crippen LogP) is 0.708. The molecule has 0 saturated heterocycles. The summed E-state index contributed by atoms with van der Waals surface area (Å²) in [6.45, 7) is 5.03. The Hall–Kier alpha value is -0.700. The fourth-order valence-corrected chi connectivity index (χ4v) is 0.202. The van der Waals surface area contributed by atoms with Gasteiger partial charge in [-0.25, -0.2) is 0 Å². The van der Waals surface area contributed by atoms with E-state index < -0.39 is 0 Å². The van der Waals surface area contributed by atoms with Gasteiger partial charge in [-0.1, -0.05) is 0 Å². The molecule has 3 heteroatoms. The van der Waals surface area contributed by atoms with Crippen molar-refractivity contribution in [2.45, 2.75) is 13.0 Å². The molecule has 1 atom stereocenters. The third-order valence-electron chi connectivity index (χ3n) is 0.730. The molecule has 1 unspecified atom stereocenters. The molecule has 0 aromatic carbocycles. The molecule has 0 saturated carbocycles. The molecule has 0 bridgehead atoms. The molecule has 0 heterocycles. The summed E-state index contributed by atoms with van der Waals surface area (Å²) in [7, 11) is 1.61. The summed E-state index contributed by atoms with van der Waals surface area (Å²) < 4.78 is 4.82. The average Bonchev–Trinajstić information content (AvgIpc) is 1.83. The summed E-state index contributed by atoms with van der Waals surface area (Å²) in [4.78, 5) is 0. The van der Waals surface area contributed by atoms with Crippen LogP contribution in [0.3, 0.4) is 0 Å². The van der Waals surface area contributed by atoms with Crippen LogP contribution in [-0.2, 0) is 4.74 Å². The van der Waals surface area contributed by atoms with Gasteiger partial charge < -0.3 is 4.74 Å². The third-order valence-corrected chi connectivity index (χ3v) is 0.730. The second kappa shape index (κ2) is 4.46. The smallest absolute Gasteiger partial charge is 0.0912 e. The van der Waals surface area contributed by atoms with E-state index in [1.807, 2.05) is 6.92 Å². The van der Waals surface area contributed by atoms with Crippen LogP contribution >= 0.6 is 0 Å². The Morgan fingerprint density at radius 2 is 2.38 bits per heavy atom. The van der Waals surface area contributed by atoms with Crippen molar-refractivity contribution in [2.24, 2.45) is 10.2 Å². The zero-order valence-electron chi connectivity index (χ0n) is 5.16. The van der Waals surface area contributed by atoms with Crippen molar-refractivity contribution in [3.63, 3.8) is 0 Å². The van der Waals surface area contributed by atoms with Crippen LogP contribution < -0.4 is 0 Å². The van der Waals surface area contributed by atoms with E-state index in [0.717, 1.165) is 0 Å². The number of hydrogen-bond acceptors (Lipinski definition) is 3. The van der Waals surface area contributed by atoms with Gasteiger partial charge in [0.15, 0.2) is 0 Å². The zero-order chi connectivity index (χ0) is 6.41. The van der Waals surface area contributed by atoms with E-state index in [-0.39, 0.29) is 6.10 Å². The molecule has 0 fully saturated rings. The van der Waals surface area contributed by atoms with E-state index in [0.29, 0.717) is 0 Å². The molecule has 0 N–H and O–H groups in total. The fraction of sp³-hybridized carbons (Fsp3) is 0.600. The standard InChI is InChI=1S/C5H10N2O/c1-5(8-3)4-7-6-2/h4-5H,2H2,1,3H3/b7-4-. The highest BCUT2D eigenvalue weighted by Crippen LogP contribution is 1.80. The second-order valence-electron chi connectivity index (χ2n) is 1.35. The topological polar surface area (TPSA) is 34.0 Å². The Labute approximate surface area is 49.1 Å². The first-order chi connectivity index (χ1) is 3.81. The highest BCUT2D eigenvalue weighted by Gasteiger charge is 1.88. The minimum absolute atomic E-state index is 0.0282. The maximum absolute atomic E-state index is 4.82. The average molecular weight is 114 g/mol. The first kappa shape index (κ1) is 7.30. The van der Waals surface area contributed by atoms with Crippen LogP contribution in [0.5, 0.6) is 0 Å². The van der Waals surface area contributed by atoms with Crippen molar-refractivity contribution in [3.05, 3.63) is 0 Å². The Bertz CT molecular complexity index is 90.4. The number of methoxy groups -OCH3 is 1. The minimum Gasteiger partial charge on any atom is -0.376 e. The largest absolute Gasteiger partial charge is 0.376 e. The highest BCUT2D eigenvalue weighted by atomic mass is 16.5. The lowest BCUT2D eigenvalue weighted by Crippen LogP contribution is -2.04. The second-order valence-corrected chi connectivity index (χ2v) is 1.35. The lowest BCUT2D eigenvalue weighted by Gasteiger charge is -1.97. The molecule has 0 amide bonds. The van der Waals surface area contributed by atoms with E-state index in [2.05, 4.69) is 16.9 Å². The van der Waals surface area contributed by atoms with E-state index >= 15 is 0 Å². The van der Waals surface area contributed by atoms with Crippen molar-refractivity contribution in [2.75, 3.05) is 7.11 Å². The molecule has 0 aliphatic rings. The van der Waals surface area contributed by atoms with Crippen LogP contribution in [0.25, 0.3) is 0 Å². The highest BCUT2D eigenvalue weighted by molar-refractivity contribution is 5.62. The van der Waals surface area contributed by atoms with E-state index in [9.17, 15) is 0 Å². The molecule has 0 aliphatic carbocycles. The number of ether oxygens (including phenoxy) is 1. The Morgan fingerprint density at radius 1 is 1.75 bits per heavy atom. The molecule has 8 heavy (non-hydrogen) atoms. The van der Waals surface area contributed by atoms with Crippen LogP contribution in [0.2, 0.25) is 0 Å². The Kier molecular flexibility index (Phi) is 4.07. The SMILES string of the molecule is C=N/N=C\C(C)OC. The summed E-state index contributed by atoms with van der Waals surface area (Å²) in [6, 6.07) is 0. The van der Waals surface area contributed by atoms with Gasteiger partial charge in [0.1, 0.15) is 0 Å². The molecule has 46 valence electrons. The summed E-state index contributed by atoms with van der Waals surface area (Å²) in [6.07, 6.45) is 1.60. The quantitative estimate of drug-likeness (QED) is 0.393. The Balaban J connectivity index is 3.35. The summed E-state index contributed by atoms with van der Waals surface area (Å²) in [5.74, 6) is 0. The summed E-state index contributed by atoms with van der Waals surface area (Å²) in [5.41, 5.74) is 0. The number of hydrogen-bond donors (Lipinski definition) is 0. The van der Waals surface area contributed by atoms with E-state index in [4.69, 9.17) is 4.74 Å². The van der Waals surface area contributed by atoms with Crippen molar-refractivity contribution in [1.82, 2.24) is 0 Å². The van der Waals surface area contributed by atoms with Crippen LogP contribution in [0.15, 0.2) is 10.2 Å².